The van der Waals surface area contributed by atoms with Gasteiger partial charge in [-0.25, -0.2) is 4.98 Å². The van der Waals surface area contributed by atoms with Gasteiger partial charge in [-0.2, -0.15) is 0 Å². The summed E-state index contributed by atoms with van der Waals surface area (Å²) < 4.78 is 0. The summed E-state index contributed by atoms with van der Waals surface area (Å²) in [6.07, 6.45) is 4.79. The van der Waals surface area contributed by atoms with Gasteiger partial charge in [0.25, 0.3) is 0 Å². The molecule has 18 heavy (non-hydrogen) atoms. The lowest BCUT2D eigenvalue weighted by molar-refractivity contribution is 0.516. The standard InChI is InChI=1S/C15H21N3/c1-12(14-6-4-3-5-7-14)8-9-16-13(2)15-17-10-11-18-15/h3-7,10-13,16H,8-9H2,1-2H3,(H,17,18). The number of nitrogens with zero attached hydrogens (tertiary/aromatic N) is 1. The van der Waals surface area contributed by atoms with E-state index >= 15 is 0 Å². The lowest BCUT2D eigenvalue weighted by atomic mass is 9.98. The van der Waals surface area contributed by atoms with Gasteiger partial charge in [-0.15, -0.1) is 0 Å². The van der Waals surface area contributed by atoms with E-state index in [0.29, 0.717) is 5.92 Å². The van der Waals surface area contributed by atoms with Crippen LogP contribution in [0.15, 0.2) is 42.7 Å². The predicted octanol–water partition coefficient (Wildman–Crippen LogP) is 3.25. The lowest BCUT2D eigenvalue weighted by Gasteiger charge is -2.15. The van der Waals surface area contributed by atoms with Gasteiger partial charge >= 0.3 is 0 Å². The van der Waals surface area contributed by atoms with Crippen molar-refractivity contribution in [3.63, 3.8) is 0 Å². The maximum absolute atomic E-state index is 4.25. The highest BCUT2D eigenvalue weighted by molar-refractivity contribution is 5.18. The van der Waals surface area contributed by atoms with E-state index in [2.05, 4.69) is 59.5 Å². The van der Waals surface area contributed by atoms with Gasteiger partial charge in [0.05, 0.1) is 6.04 Å². The molecule has 1 heterocycles. The molecule has 0 aliphatic rings. The molecule has 0 spiro atoms. The van der Waals surface area contributed by atoms with Gasteiger partial charge in [0.15, 0.2) is 0 Å². The van der Waals surface area contributed by atoms with E-state index in [4.69, 9.17) is 0 Å². The summed E-state index contributed by atoms with van der Waals surface area (Å²) in [6.45, 7) is 5.40. The molecule has 0 amide bonds. The van der Waals surface area contributed by atoms with Crippen LogP contribution in [0.4, 0.5) is 0 Å². The molecule has 2 rings (SSSR count). The minimum Gasteiger partial charge on any atom is -0.347 e. The van der Waals surface area contributed by atoms with E-state index < -0.39 is 0 Å². The van der Waals surface area contributed by atoms with Gasteiger partial charge in [-0.3, -0.25) is 0 Å². The van der Waals surface area contributed by atoms with Crippen molar-refractivity contribution in [3.8, 4) is 0 Å². The summed E-state index contributed by atoms with van der Waals surface area (Å²) in [5.74, 6) is 1.59. The fraction of sp³-hybridized carbons (Fsp3) is 0.400. The van der Waals surface area contributed by atoms with Crippen LogP contribution in [0.3, 0.4) is 0 Å². The zero-order valence-electron chi connectivity index (χ0n) is 11.1. The lowest BCUT2D eigenvalue weighted by Crippen LogP contribution is -2.22. The van der Waals surface area contributed by atoms with Crippen LogP contribution in [-0.4, -0.2) is 16.5 Å². The molecule has 0 aliphatic carbocycles. The fourth-order valence-electron chi connectivity index (χ4n) is 2.08. The largest absolute Gasteiger partial charge is 0.347 e. The highest BCUT2D eigenvalue weighted by Gasteiger charge is 2.08. The van der Waals surface area contributed by atoms with Crippen molar-refractivity contribution in [2.24, 2.45) is 0 Å². The van der Waals surface area contributed by atoms with E-state index in [1.807, 2.05) is 6.20 Å². The molecular formula is C15H21N3. The Balaban J connectivity index is 1.76. The second kappa shape index (κ2) is 6.36. The van der Waals surface area contributed by atoms with Crippen molar-refractivity contribution in [2.75, 3.05) is 6.54 Å². The molecule has 1 aromatic carbocycles. The van der Waals surface area contributed by atoms with Crippen LogP contribution in [0.25, 0.3) is 0 Å². The Morgan fingerprint density at radius 3 is 2.67 bits per heavy atom. The highest BCUT2D eigenvalue weighted by Crippen LogP contribution is 2.18. The molecule has 0 saturated carbocycles. The van der Waals surface area contributed by atoms with E-state index in [-0.39, 0.29) is 6.04 Å². The van der Waals surface area contributed by atoms with Crippen molar-refractivity contribution < 1.29 is 0 Å². The van der Waals surface area contributed by atoms with Crippen LogP contribution in [0.1, 0.15) is 43.6 Å². The van der Waals surface area contributed by atoms with Gasteiger partial charge < -0.3 is 10.3 Å². The molecule has 96 valence electrons. The number of hydrogen-bond donors (Lipinski definition) is 2. The summed E-state index contributed by atoms with van der Waals surface area (Å²) in [6, 6.07) is 10.9. The second-order valence-corrected chi connectivity index (χ2v) is 4.75. The first-order chi connectivity index (χ1) is 8.77. The summed E-state index contributed by atoms with van der Waals surface area (Å²) in [7, 11) is 0. The number of aromatic nitrogens is 2. The molecule has 2 aromatic rings. The van der Waals surface area contributed by atoms with Gasteiger partial charge in [-0.05, 0) is 31.4 Å². The number of benzene rings is 1. The van der Waals surface area contributed by atoms with E-state index in [9.17, 15) is 0 Å². The number of nitrogens with one attached hydrogen (secondary N) is 2. The van der Waals surface area contributed by atoms with Crippen LogP contribution in [0.5, 0.6) is 0 Å². The van der Waals surface area contributed by atoms with E-state index in [1.54, 1.807) is 6.20 Å². The first-order valence-corrected chi connectivity index (χ1v) is 6.55. The van der Waals surface area contributed by atoms with Crippen molar-refractivity contribution >= 4 is 0 Å². The second-order valence-electron chi connectivity index (χ2n) is 4.75. The topological polar surface area (TPSA) is 40.7 Å². The summed E-state index contributed by atoms with van der Waals surface area (Å²) in [5.41, 5.74) is 1.41. The predicted molar refractivity (Wildman–Crippen MR) is 74.5 cm³/mol. The van der Waals surface area contributed by atoms with Crippen molar-refractivity contribution in [3.05, 3.63) is 54.1 Å². The molecule has 2 N–H and O–H groups in total. The molecule has 0 aliphatic heterocycles. The average Bonchev–Trinajstić information content (AvgIpc) is 2.93. The van der Waals surface area contributed by atoms with Gasteiger partial charge in [0.2, 0.25) is 0 Å². The van der Waals surface area contributed by atoms with Crippen LogP contribution in [0.2, 0.25) is 0 Å². The highest BCUT2D eigenvalue weighted by atomic mass is 15.0. The Kier molecular flexibility index (Phi) is 4.53. The van der Waals surface area contributed by atoms with Crippen molar-refractivity contribution in [2.45, 2.75) is 32.2 Å². The molecule has 3 heteroatoms. The molecule has 0 bridgehead atoms. The Hall–Kier alpha value is -1.61. The SMILES string of the molecule is CC(CCNC(C)c1ncc[nH]1)c1ccccc1. The normalized spacial score (nSPS) is 14.3. The minimum absolute atomic E-state index is 0.281. The molecular weight excluding hydrogens is 222 g/mol. The molecule has 2 unspecified atom stereocenters. The fourth-order valence-corrected chi connectivity index (χ4v) is 2.08. The van der Waals surface area contributed by atoms with Crippen molar-refractivity contribution in [1.82, 2.24) is 15.3 Å². The van der Waals surface area contributed by atoms with Crippen LogP contribution >= 0.6 is 0 Å². The Bertz CT molecular complexity index is 436. The number of hydrogen-bond acceptors (Lipinski definition) is 2. The number of aromatic amines is 1. The molecule has 2 atom stereocenters. The van der Waals surface area contributed by atoms with Gasteiger partial charge in [0.1, 0.15) is 5.82 Å². The van der Waals surface area contributed by atoms with Gasteiger partial charge in [-0.1, -0.05) is 37.3 Å². The minimum atomic E-state index is 0.281. The maximum Gasteiger partial charge on any atom is 0.122 e. The third kappa shape index (κ3) is 3.44. The monoisotopic (exact) mass is 243 g/mol. The maximum atomic E-state index is 4.25. The summed E-state index contributed by atoms with van der Waals surface area (Å²) >= 11 is 0. The molecule has 1 aromatic heterocycles. The van der Waals surface area contributed by atoms with Crippen molar-refractivity contribution in [1.29, 1.82) is 0 Å². The zero-order valence-corrected chi connectivity index (χ0v) is 11.1. The summed E-state index contributed by atoms with van der Waals surface area (Å²) in [5, 5.41) is 3.49. The Labute approximate surface area is 109 Å². The summed E-state index contributed by atoms with van der Waals surface area (Å²) in [4.78, 5) is 7.39. The van der Waals surface area contributed by atoms with Crippen LogP contribution in [-0.2, 0) is 0 Å². The molecule has 0 radical (unpaired) electrons. The van der Waals surface area contributed by atoms with E-state index in [0.717, 1.165) is 18.8 Å². The molecule has 0 saturated heterocycles. The molecule has 3 nitrogen and oxygen atoms in total. The quantitative estimate of drug-likeness (QED) is 0.817. The molecule has 0 fully saturated rings. The zero-order chi connectivity index (χ0) is 12.8. The third-order valence-corrected chi connectivity index (χ3v) is 3.33. The van der Waals surface area contributed by atoms with Gasteiger partial charge in [0, 0.05) is 12.4 Å². The average molecular weight is 243 g/mol. The van der Waals surface area contributed by atoms with E-state index in [1.165, 1.54) is 5.56 Å². The third-order valence-electron chi connectivity index (χ3n) is 3.33. The Morgan fingerprint density at radius 2 is 2.00 bits per heavy atom. The van der Waals surface area contributed by atoms with Crippen LogP contribution < -0.4 is 5.32 Å². The smallest absolute Gasteiger partial charge is 0.122 e. The number of rotatable bonds is 6. The first-order valence-electron chi connectivity index (χ1n) is 6.55. The Morgan fingerprint density at radius 1 is 1.22 bits per heavy atom. The number of imidazole rings is 1. The first kappa shape index (κ1) is 12.8. The van der Waals surface area contributed by atoms with Crippen LogP contribution in [0, 0.1) is 0 Å². The number of H-pyrrole nitrogens is 1.